The number of urea groups is 1. The molecule has 0 saturated heterocycles. The van der Waals surface area contributed by atoms with Gasteiger partial charge in [0.05, 0.1) is 12.0 Å². The molecule has 0 unspecified atom stereocenters. The van der Waals surface area contributed by atoms with E-state index < -0.39 is 11.5 Å². The van der Waals surface area contributed by atoms with E-state index in [-0.39, 0.29) is 19.1 Å². The van der Waals surface area contributed by atoms with Gasteiger partial charge in [0.2, 0.25) is 0 Å². The Bertz CT molecular complexity index is 300. The van der Waals surface area contributed by atoms with E-state index in [1.165, 1.54) is 4.90 Å². The topological polar surface area (TPSA) is 89.9 Å². The average Bonchev–Trinajstić information content (AvgIpc) is 2.72. The van der Waals surface area contributed by atoms with Crippen LogP contribution in [0.2, 0.25) is 0 Å². The summed E-state index contributed by atoms with van der Waals surface area (Å²) in [5.74, 6) is -0.879. The van der Waals surface area contributed by atoms with E-state index in [1.807, 2.05) is 0 Å². The number of aliphatic hydroxyl groups excluding tert-OH is 1. The van der Waals surface area contributed by atoms with Crippen LogP contribution >= 0.6 is 0 Å². The fourth-order valence-electron chi connectivity index (χ4n) is 2.42. The molecule has 1 aliphatic rings. The molecule has 1 fully saturated rings. The Labute approximate surface area is 107 Å². The first-order chi connectivity index (χ1) is 8.49. The van der Waals surface area contributed by atoms with Gasteiger partial charge in [-0.25, -0.2) is 4.79 Å². The second-order valence-corrected chi connectivity index (χ2v) is 4.99. The zero-order valence-electron chi connectivity index (χ0n) is 10.8. The van der Waals surface area contributed by atoms with Gasteiger partial charge in [0.1, 0.15) is 0 Å². The normalized spacial score (nSPS) is 17.4. The van der Waals surface area contributed by atoms with Crippen LogP contribution < -0.4 is 5.32 Å². The van der Waals surface area contributed by atoms with Crippen molar-refractivity contribution in [2.45, 2.75) is 44.1 Å². The van der Waals surface area contributed by atoms with Crippen molar-refractivity contribution in [2.75, 3.05) is 20.2 Å². The van der Waals surface area contributed by atoms with Gasteiger partial charge in [-0.2, -0.15) is 0 Å². The number of aliphatic hydroxyl groups is 1. The number of carbonyl (C=O) groups excluding carboxylic acids is 1. The lowest BCUT2D eigenvalue weighted by molar-refractivity contribution is -0.138. The number of rotatable bonds is 6. The fourth-order valence-corrected chi connectivity index (χ4v) is 2.42. The molecular formula is C12H22N2O4. The second-order valence-electron chi connectivity index (χ2n) is 4.99. The predicted molar refractivity (Wildman–Crippen MR) is 66.3 cm³/mol. The van der Waals surface area contributed by atoms with Crippen LogP contribution in [0.1, 0.15) is 38.5 Å². The Morgan fingerprint density at radius 3 is 2.44 bits per heavy atom. The predicted octanol–water partition coefficient (Wildman–Crippen LogP) is 0.798. The molecule has 0 aliphatic heterocycles. The van der Waals surface area contributed by atoms with Crippen LogP contribution in [0.15, 0.2) is 0 Å². The number of carbonyl (C=O) groups is 2. The van der Waals surface area contributed by atoms with Crippen molar-refractivity contribution in [1.29, 1.82) is 0 Å². The molecule has 104 valence electrons. The first kappa shape index (κ1) is 14.8. The number of aliphatic carboxylic acids is 1. The number of hydrogen-bond acceptors (Lipinski definition) is 3. The summed E-state index contributed by atoms with van der Waals surface area (Å²) < 4.78 is 0. The Morgan fingerprint density at radius 2 is 1.94 bits per heavy atom. The highest BCUT2D eigenvalue weighted by Gasteiger charge is 2.37. The van der Waals surface area contributed by atoms with Crippen LogP contribution in [0, 0.1) is 0 Å². The maximum atomic E-state index is 11.9. The summed E-state index contributed by atoms with van der Waals surface area (Å²) in [6.07, 6.45) is 3.85. The Morgan fingerprint density at radius 1 is 1.33 bits per heavy atom. The number of amides is 2. The number of nitrogens with zero attached hydrogens (tertiary/aromatic N) is 1. The summed E-state index contributed by atoms with van der Waals surface area (Å²) in [5.41, 5.74) is -0.587. The molecule has 6 nitrogen and oxygen atoms in total. The van der Waals surface area contributed by atoms with Crippen LogP contribution in [0.4, 0.5) is 4.79 Å². The fraction of sp³-hybridized carbons (Fsp3) is 0.833. The molecule has 0 heterocycles. The molecule has 0 atom stereocenters. The lowest BCUT2D eigenvalue weighted by Crippen LogP contribution is -2.52. The molecule has 1 rings (SSSR count). The van der Waals surface area contributed by atoms with Crippen LogP contribution in [0.5, 0.6) is 0 Å². The van der Waals surface area contributed by atoms with Crippen molar-refractivity contribution in [1.82, 2.24) is 10.2 Å². The molecule has 0 aromatic carbocycles. The maximum Gasteiger partial charge on any atom is 0.317 e. The molecule has 1 aliphatic carbocycles. The van der Waals surface area contributed by atoms with Gasteiger partial charge in [-0.1, -0.05) is 12.8 Å². The maximum absolute atomic E-state index is 11.9. The van der Waals surface area contributed by atoms with Gasteiger partial charge in [0.25, 0.3) is 0 Å². The lowest BCUT2D eigenvalue weighted by atomic mass is 9.93. The molecule has 6 heteroatoms. The molecule has 2 amide bonds. The molecule has 1 saturated carbocycles. The van der Waals surface area contributed by atoms with Crippen molar-refractivity contribution >= 4 is 12.0 Å². The van der Waals surface area contributed by atoms with Gasteiger partial charge < -0.3 is 20.4 Å². The van der Waals surface area contributed by atoms with Gasteiger partial charge in [0, 0.05) is 20.2 Å². The molecule has 0 radical (unpaired) electrons. The van der Waals surface area contributed by atoms with Gasteiger partial charge in [0.15, 0.2) is 0 Å². The minimum atomic E-state index is -0.879. The largest absolute Gasteiger partial charge is 0.481 e. The summed E-state index contributed by atoms with van der Waals surface area (Å²) in [4.78, 5) is 24.3. The van der Waals surface area contributed by atoms with Gasteiger partial charge in [-0.3, -0.25) is 4.79 Å². The van der Waals surface area contributed by atoms with E-state index in [9.17, 15) is 9.59 Å². The van der Waals surface area contributed by atoms with E-state index >= 15 is 0 Å². The van der Waals surface area contributed by atoms with Gasteiger partial charge >= 0.3 is 12.0 Å². The Kier molecular flexibility index (Phi) is 5.40. The van der Waals surface area contributed by atoms with Gasteiger partial charge in [-0.05, 0) is 19.3 Å². The van der Waals surface area contributed by atoms with Crippen molar-refractivity contribution in [3.8, 4) is 0 Å². The molecule has 0 bridgehead atoms. The number of carboxylic acids is 1. The van der Waals surface area contributed by atoms with E-state index in [2.05, 4.69) is 5.32 Å². The van der Waals surface area contributed by atoms with Crippen molar-refractivity contribution < 1.29 is 19.8 Å². The highest BCUT2D eigenvalue weighted by Crippen LogP contribution is 2.32. The van der Waals surface area contributed by atoms with E-state index in [4.69, 9.17) is 10.2 Å². The average molecular weight is 258 g/mol. The van der Waals surface area contributed by atoms with Crippen molar-refractivity contribution in [3.63, 3.8) is 0 Å². The molecule has 3 N–H and O–H groups in total. The highest BCUT2D eigenvalue weighted by molar-refractivity contribution is 5.76. The van der Waals surface area contributed by atoms with E-state index in [0.29, 0.717) is 13.0 Å². The lowest BCUT2D eigenvalue weighted by Gasteiger charge is -2.31. The quantitative estimate of drug-likeness (QED) is 0.657. The third kappa shape index (κ3) is 4.18. The monoisotopic (exact) mass is 258 g/mol. The molecule has 0 aromatic rings. The Balaban J connectivity index is 2.55. The number of nitrogens with one attached hydrogen (secondary N) is 1. The number of carboxylic acid groups (broad SMARTS) is 1. The third-order valence-corrected chi connectivity index (χ3v) is 3.42. The smallest absolute Gasteiger partial charge is 0.317 e. The van der Waals surface area contributed by atoms with Crippen molar-refractivity contribution in [2.24, 2.45) is 0 Å². The summed E-state index contributed by atoms with van der Waals surface area (Å²) in [5, 5.41) is 20.5. The second kappa shape index (κ2) is 6.58. The zero-order valence-corrected chi connectivity index (χ0v) is 10.8. The summed E-state index contributed by atoms with van der Waals surface area (Å²) in [6, 6.07) is -0.258. The summed E-state index contributed by atoms with van der Waals surface area (Å²) in [7, 11) is 1.65. The van der Waals surface area contributed by atoms with Gasteiger partial charge in [-0.15, -0.1) is 0 Å². The summed E-state index contributed by atoms with van der Waals surface area (Å²) in [6.45, 7) is 0.503. The van der Waals surface area contributed by atoms with Crippen LogP contribution in [-0.2, 0) is 4.79 Å². The Hall–Kier alpha value is -1.30. The molecule has 0 aromatic heterocycles. The van der Waals surface area contributed by atoms with Crippen LogP contribution in [0.3, 0.4) is 0 Å². The first-order valence-electron chi connectivity index (χ1n) is 6.35. The summed E-state index contributed by atoms with van der Waals surface area (Å²) >= 11 is 0. The standard InChI is InChI=1S/C12H22N2O4/c1-14(7-4-8-15)11(18)13-12(9-10(16)17)5-2-3-6-12/h15H,2-9H2,1H3,(H,13,18)(H,16,17). The molecule has 18 heavy (non-hydrogen) atoms. The van der Waals surface area contributed by atoms with E-state index in [1.54, 1.807) is 7.05 Å². The van der Waals surface area contributed by atoms with Crippen LogP contribution in [0.25, 0.3) is 0 Å². The molecule has 0 spiro atoms. The minimum absolute atomic E-state index is 0.0212. The molecular weight excluding hydrogens is 236 g/mol. The van der Waals surface area contributed by atoms with Crippen molar-refractivity contribution in [3.05, 3.63) is 0 Å². The SMILES string of the molecule is CN(CCCO)C(=O)NC1(CC(=O)O)CCCC1. The first-order valence-corrected chi connectivity index (χ1v) is 6.35. The number of hydrogen-bond donors (Lipinski definition) is 3. The third-order valence-electron chi connectivity index (χ3n) is 3.42. The minimum Gasteiger partial charge on any atom is -0.481 e. The van der Waals surface area contributed by atoms with E-state index in [0.717, 1.165) is 25.7 Å². The highest BCUT2D eigenvalue weighted by atomic mass is 16.4. The van der Waals surface area contributed by atoms with Crippen LogP contribution in [-0.4, -0.2) is 52.9 Å². The zero-order chi connectivity index (χ0) is 13.6.